The Labute approximate surface area is 419 Å². The van der Waals surface area contributed by atoms with E-state index in [9.17, 15) is 23.8 Å². The van der Waals surface area contributed by atoms with Crippen LogP contribution in [0.15, 0.2) is 151 Å². The number of aromatic nitrogens is 6. The second-order valence-corrected chi connectivity index (χ2v) is 16.3. The highest BCUT2D eigenvalue weighted by atomic mass is 19.1. The maximum absolute atomic E-state index is 14.1. The van der Waals surface area contributed by atoms with Gasteiger partial charge in [0.2, 0.25) is 11.9 Å². The number of ether oxygens (including phenoxy) is 2. The smallest absolute Gasteiger partial charge is 0.245 e. The number of benzene rings is 4. The van der Waals surface area contributed by atoms with E-state index in [-0.39, 0.29) is 35.0 Å². The van der Waals surface area contributed by atoms with Gasteiger partial charge in [0.15, 0.2) is 29.6 Å². The van der Waals surface area contributed by atoms with Crippen molar-refractivity contribution in [3.8, 4) is 33.8 Å². The predicted molar refractivity (Wildman–Crippen MR) is 276 cm³/mol. The number of hydrogen-bond donors (Lipinski definition) is 6. The number of anilines is 6. The molecule has 4 aromatic carbocycles. The van der Waals surface area contributed by atoms with Gasteiger partial charge in [-0.15, -0.1) is 0 Å². The Hall–Kier alpha value is -8.98. The van der Waals surface area contributed by atoms with Crippen molar-refractivity contribution in [1.82, 2.24) is 29.9 Å². The zero-order chi connectivity index (χ0) is 50.8. The fourth-order valence-electron chi connectivity index (χ4n) is 7.49. The number of nitrogens with zero attached hydrogens (tertiary/aromatic N) is 9. The number of hydrogen-bond acceptors (Lipinski definition) is 18. The van der Waals surface area contributed by atoms with Gasteiger partial charge in [0.05, 0.1) is 62.6 Å². The summed E-state index contributed by atoms with van der Waals surface area (Å²) in [5.41, 5.74) is 14.1. The third kappa shape index (κ3) is 14.5. The average Bonchev–Trinajstić information content (AvgIpc) is 3.43. The van der Waals surface area contributed by atoms with Gasteiger partial charge >= 0.3 is 0 Å². The Bertz CT molecular complexity index is 3070. The molecule has 372 valence electrons. The fourth-order valence-corrected chi connectivity index (χ4v) is 7.49. The summed E-state index contributed by atoms with van der Waals surface area (Å²) in [6.45, 7) is 4.61. The third-order valence-corrected chi connectivity index (χ3v) is 11.2. The van der Waals surface area contributed by atoms with Gasteiger partial charge in [-0.1, -0.05) is 66.7 Å². The summed E-state index contributed by atoms with van der Waals surface area (Å²) in [4.78, 5) is 38.5. The van der Waals surface area contributed by atoms with E-state index in [2.05, 4.69) is 63.3 Å². The Balaban J connectivity index is 0.000000162. The summed E-state index contributed by atoms with van der Waals surface area (Å²) in [6.07, 6.45) is 8.72. The van der Waals surface area contributed by atoms with Crippen LogP contribution in [-0.2, 0) is 15.9 Å². The van der Waals surface area contributed by atoms with Crippen molar-refractivity contribution in [2.45, 2.75) is 6.42 Å². The number of morpholine rings is 2. The molecule has 0 aliphatic carbocycles. The molecule has 4 aromatic heterocycles. The standard InChI is InChI=1S/C26H24FN7O2.C19H15NO2.C8H12FN5O/c27-24-17-29-26(32-25(24)34-10-12-36-13-11-34)33-30-16-21-8-9-22(15-28-21)31-20-6-4-18(5-7-20)19-2-1-3-23(35)14-19;21-13-18-9-6-15(12-20-18)10-14-4-7-16(8-5-14)17-2-1-3-19(22)11-17;9-6-5-11-8(13-10)12-7(6)14-1-3-15-4-2-14/h1-9,14-17,31,35H,10-13H2,(H,29,32,33);1-9,11-13,22H,10H2;5H,1-4,10H2,(H,11,12,13)/b30-16+;;. The summed E-state index contributed by atoms with van der Waals surface area (Å²) in [7, 11) is 0. The summed E-state index contributed by atoms with van der Waals surface area (Å²) in [5.74, 6) is 5.63. The number of aromatic hydroxyl groups is 2. The Morgan fingerprint density at radius 2 is 1.11 bits per heavy atom. The summed E-state index contributed by atoms with van der Waals surface area (Å²) < 4.78 is 38.0. The van der Waals surface area contributed by atoms with Gasteiger partial charge in [-0.25, -0.2) is 30.0 Å². The molecule has 0 bridgehead atoms. The van der Waals surface area contributed by atoms with Crippen LogP contribution in [0.3, 0.4) is 0 Å². The molecule has 18 nitrogen and oxygen atoms in total. The van der Waals surface area contributed by atoms with Crippen LogP contribution in [0.4, 0.5) is 43.7 Å². The molecule has 2 fully saturated rings. The van der Waals surface area contributed by atoms with Crippen molar-refractivity contribution in [3.05, 3.63) is 180 Å². The van der Waals surface area contributed by atoms with Crippen molar-refractivity contribution in [2.24, 2.45) is 10.9 Å². The molecule has 0 atom stereocenters. The number of hydrazone groups is 1. The molecule has 0 saturated carbocycles. The quantitative estimate of drug-likeness (QED) is 0.0278. The molecule has 6 heterocycles. The molecule has 2 aliphatic rings. The van der Waals surface area contributed by atoms with Crippen molar-refractivity contribution < 1.29 is 33.3 Å². The molecule has 2 aliphatic heterocycles. The number of hydrazine groups is 1. The van der Waals surface area contributed by atoms with Crippen LogP contribution in [0, 0.1) is 11.6 Å². The minimum atomic E-state index is -0.481. The van der Waals surface area contributed by atoms with Crippen molar-refractivity contribution in [2.75, 3.05) is 78.6 Å². The van der Waals surface area contributed by atoms with E-state index in [0.29, 0.717) is 64.0 Å². The lowest BCUT2D eigenvalue weighted by molar-refractivity contribution is 0.111. The highest BCUT2D eigenvalue weighted by Crippen LogP contribution is 2.27. The molecule has 7 N–H and O–H groups in total. The third-order valence-electron chi connectivity index (χ3n) is 11.2. The maximum Gasteiger partial charge on any atom is 0.245 e. The van der Waals surface area contributed by atoms with Gasteiger partial charge in [-0.3, -0.25) is 20.2 Å². The lowest BCUT2D eigenvalue weighted by atomic mass is 10.0. The van der Waals surface area contributed by atoms with E-state index in [4.69, 9.17) is 15.3 Å². The molecule has 8 aromatic rings. The van der Waals surface area contributed by atoms with Gasteiger partial charge in [-0.2, -0.15) is 15.1 Å². The maximum atomic E-state index is 14.1. The van der Waals surface area contributed by atoms with Crippen LogP contribution in [0.1, 0.15) is 27.3 Å². The summed E-state index contributed by atoms with van der Waals surface area (Å²) in [6, 6.07) is 37.8. The normalized spacial score (nSPS) is 13.2. The topological polar surface area (TPSA) is 234 Å². The molecule has 0 spiro atoms. The zero-order valence-corrected chi connectivity index (χ0v) is 39.4. The lowest BCUT2D eigenvalue weighted by Gasteiger charge is -2.27. The van der Waals surface area contributed by atoms with Crippen molar-refractivity contribution in [1.29, 1.82) is 0 Å². The molecule has 0 radical (unpaired) electrons. The summed E-state index contributed by atoms with van der Waals surface area (Å²) in [5, 5.41) is 26.6. The first-order chi connectivity index (χ1) is 35.7. The van der Waals surface area contributed by atoms with Crippen molar-refractivity contribution in [3.63, 3.8) is 0 Å². The van der Waals surface area contributed by atoms with E-state index in [1.807, 2.05) is 83.8 Å². The van der Waals surface area contributed by atoms with Crippen LogP contribution in [0.25, 0.3) is 22.3 Å². The molecule has 73 heavy (non-hydrogen) atoms. The van der Waals surface area contributed by atoms with E-state index in [0.717, 1.165) is 64.3 Å². The van der Waals surface area contributed by atoms with Crippen LogP contribution < -0.4 is 31.8 Å². The van der Waals surface area contributed by atoms with E-state index in [1.165, 1.54) is 11.8 Å². The number of aldehydes is 1. The van der Waals surface area contributed by atoms with E-state index < -0.39 is 11.6 Å². The number of rotatable bonds is 13. The van der Waals surface area contributed by atoms with Crippen LogP contribution >= 0.6 is 0 Å². The molecular weight excluding hydrogens is 937 g/mol. The monoisotopic (exact) mass is 987 g/mol. The number of nitrogens with one attached hydrogen (secondary N) is 3. The number of carbonyl (C=O) groups is 1. The molecule has 2 saturated heterocycles. The Kier molecular flexibility index (Phi) is 17.4. The number of halogens is 2. The van der Waals surface area contributed by atoms with Crippen LogP contribution in [0.5, 0.6) is 11.5 Å². The number of phenolic OH excluding ortho intramolecular Hbond substituents is 2. The van der Waals surface area contributed by atoms with E-state index >= 15 is 0 Å². The predicted octanol–water partition coefficient (Wildman–Crippen LogP) is 8.00. The molecule has 20 heteroatoms. The number of pyridine rings is 2. The second-order valence-electron chi connectivity index (χ2n) is 16.3. The number of phenols is 2. The van der Waals surface area contributed by atoms with Gasteiger partial charge in [-0.05, 0) is 94.4 Å². The zero-order valence-electron chi connectivity index (χ0n) is 39.4. The Morgan fingerprint density at radius 3 is 1.63 bits per heavy atom. The Morgan fingerprint density at radius 1 is 0.589 bits per heavy atom. The first kappa shape index (κ1) is 50.4. The second kappa shape index (κ2) is 25.2. The molecule has 10 rings (SSSR count). The largest absolute Gasteiger partial charge is 0.508 e. The molecular formula is C53H51F2N13O5. The minimum absolute atomic E-state index is 0.196. The number of carbonyl (C=O) groups excluding carboxylic acids is 1. The minimum Gasteiger partial charge on any atom is -0.508 e. The lowest BCUT2D eigenvalue weighted by Crippen LogP contribution is -2.37. The SMILES string of the molecule is NNc1ncc(F)c(N2CCOCC2)n1.O=Cc1ccc(Cc2ccc(-c3cccc(O)c3)cc2)cn1.Oc1cccc(-c2ccc(Nc3ccc(/C=N/Nc4ncc(F)c(N5CCOCC5)n4)nc3)cc2)c1. The first-order valence-corrected chi connectivity index (χ1v) is 23.1. The van der Waals surface area contributed by atoms with Crippen LogP contribution in [-0.4, -0.2) is 105 Å². The number of nitrogen functional groups attached to an aromatic ring is 1. The van der Waals surface area contributed by atoms with Gasteiger partial charge in [0.25, 0.3) is 0 Å². The number of nitrogens with two attached hydrogens (primary N) is 1. The van der Waals surface area contributed by atoms with E-state index in [1.54, 1.807) is 47.6 Å². The first-order valence-electron chi connectivity index (χ1n) is 23.1. The molecule has 0 amide bonds. The highest BCUT2D eigenvalue weighted by molar-refractivity contribution is 5.78. The summed E-state index contributed by atoms with van der Waals surface area (Å²) >= 11 is 0. The van der Waals surface area contributed by atoms with Gasteiger partial charge in [0, 0.05) is 38.1 Å². The average molecular weight is 988 g/mol. The van der Waals surface area contributed by atoms with Crippen LogP contribution in [0.2, 0.25) is 0 Å². The van der Waals surface area contributed by atoms with Gasteiger partial charge in [0.1, 0.15) is 17.2 Å². The van der Waals surface area contributed by atoms with Crippen molar-refractivity contribution >= 4 is 47.4 Å². The highest BCUT2D eigenvalue weighted by Gasteiger charge is 2.19. The van der Waals surface area contributed by atoms with Gasteiger partial charge < -0.3 is 34.8 Å². The fraction of sp³-hybridized carbons (Fsp3) is 0.170. The molecule has 0 unspecified atom stereocenters.